The van der Waals surface area contributed by atoms with Gasteiger partial charge in [-0.25, -0.2) is 0 Å². The van der Waals surface area contributed by atoms with Crippen LogP contribution in [0.25, 0.3) is 0 Å². The largest absolute Gasteiger partial charge is 0.341 e. The lowest BCUT2D eigenvalue weighted by Crippen LogP contribution is -2.30. The molecule has 1 aliphatic rings. The highest BCUT2D eigenvalue weighted by Gasteiger charge is 2.22. The third-order valence-electron chi connectivity index (χ3n) is 3.67. The van der Waals surface area contributed by atoms with Crippen LogP contribution in [0.5, 0.6) is 0 Å². The maximum absolute atomic E-state index is 9.14. The predicted molar refractivity (Wildman–Crippen MR) is 85.2 cm³/mol. The van der Waals surface area contributed by atoms with Crippen molar-refractivity contribution in [2.75, 3.05) is 11.4 Å². The van der Waals surface area contributed by atoms with Crippen LogP contribution in [0.1, 0.15) is 18.1 Å². The number of fused-ring (bicyclic) bond motifs is 1. The zero-order valence-electron chi connectivity index (χ0n) is 11.3. The zero-order chi connectivity index (χ0) is 14.1. The van der Waals surface area contributed by atoms with Gasteiger partial charge in [0.2, 0.25) is 0 Å². The van der Waals surface area contributed by atoms with Crippen molar-refractivity contribution in [3.05, 3.63) is 58.1 Å². The van der Waals surface area contributed by atoms with Crippen molar-refractivity contribution in [2.24, 2.45) is 5.92 Å². The van der Waals surface area contributed by atoms with E-state index in [0.29, 0.717) is 11.5 Å². The SMILES string of the molecule is CC1Cc2ccccc2N(c2cc(Br)cc(C#N)c2)C1. The molecule has 3 rings (SSSR count). The standard InChI is InChI=1S/C17H15BrN2/c1-12-6-14-4-2-3-5-17(14)20(11-12)16-8-13(10-19)7-15(18)9-16/h2-5,7-9,12H,6,11H2,1H3. The number of para-hydroxylation sites is 1. The topological polar surface area (TPSA) is 27.0 Å². The molecule has 1 atom stereocenters. The molecule has 0 fully saturated rings. The van der Waals surface area contributed by atoms with Crippen LogP contribution >= 0.6 is 15.9 Å². The van der Waals surface area contributed by atoms with Crippen molar-refractivity contribution < 1.29 is 0 Å². The number of halogens is 1. The average Bonchev–Trinajstić information content (AvgIpc) is 2.45. The summed E-state index contributed by atoms with van der Waals surface area (Å²) < 4.78 is 0.947. The van der Waals surface area contributed by atoms with Crippen LogP contribution < -0.4 is 4.90 Å². The van der Waals surface area contributed by atoms with Gasteiger partial charge in [0.25, 0.3) is 0 Å². The summed E-state index contributed by atoms with van der Waals surface area (Å²) in [6, 6.07) is 16.6. The van der Waals surface area contributed by atoms with Gasteiger partial charge in [-0.15, -0.1) is 0 Å². The molecule has 1 unspecified atom stereocenters. The third kappa shape index (κ3) is 2.44. The van der Waals surface area contributed by atoms with E-state index in [2.05, 4.69) is 64.2 Å². The monoisotopic (exact) mass is 326 g/mol. The number of anilines is 2. The molecule has 3 heteroatoms. The molecule has 0 saturated carbocycles. The molecule has 2 aromatic rings. The van der Waals surface area contributed by atoms with E-state index in [0.717, 1.165) is 23.1 Å². The zero-order valence-corrected chi connectivity index (χ0v) is 12.9. The van der Waals surface area contributed by atoms with Gasteiger partial charge in [-0.2, -0.15) is 5.26 Å². The van der Waals surface area contributed by atoms with E-state index in [1.807, 2.05) is 12.1 Å². The Hall–Kier alpha value is -1.79. The molecule has 2 nitrogen and oxygen atoms in total. The summed E-state index contributed by atoms with van der Waals surface area (Å²) in [6.07, 6.45) is 1.12. The van der Waals surface area contributed by atoms with Gasteiger partial charge in [-0.05, 0) is 42.2 Å². The number of rotatable bonds is 1. The van der Waals surface area contributed by atoms with Gasteiger partial charge in [-0.1, -0.05) is 41.1 Å². The maximum Gasteiger partial charge on any atom is 0.0992 e. The first-order valence-corrected chi connectivity index (χ1v) is 7.53. The molecular weight excluding hydrogens is 312 g/mol. The first-order chi connectivity index (χ1) is 9.67. The van der Waals surface area contributed by atoms with Crippen LogP contribution in [-0.2, 0) is 6.42 Å². The Kier molecular flexibility index (Phi) is 3.50. The summed E-state index contributed by atoms with van der Waals surface area (Å²) in [6.45, 7) is 3.25. The van der Waals surface area contributed by atoms with Gasteiger partial charge >= 0.3 is 0 Å². The predicted octanol–water partition coefficient (Wildman–Crippen LogP) is 4.65. The highest BCUT2D eigenvalue weighted by molar-refractivity contribution is 9.10. The van der Waals surface area contributed by atoms with Crippen LogP contribution in [0, 0.1) is 17.2 Å². The smallest absolute Gasteiger partial charge is 0.0992 e. The Balaban J connectivity index is 2.11. The van der Waals surface area contributed by atoms with Crippen molar-refractivity contribution in [3.8, 4) is 6.07 Å². The summed E-state index contributed by atoms with van der Waals surface area (Å²) in [4.78, 5) is 2.31. The van der Waals surface area contributed by atoms with Gasteiger partial charge in [0.05, 0.1) is 11.6 Å². The molecule has 0 amide bonds. The third-order valence-corrected chi connectivity index (χ3v) is 4.13. The molecule has 1 heterocycles. The van der Waals surface area contributed by atoms with Crippen LogP contribution in [0.3, 0.4) is 0 Å². The van der Waals surface area contributed by atoms with E-state index in [9.17, 15) is 0 Å². The maximum atomic E-state index is 9.14. The number of hydrogen-bond donors (Lipinski definition) is 0. The second-order valence-electron chi connectivity index (χ2n) is 5.36. The van der Waals surface area contributed by atoms with Gasteiger partial charge in [0, 0.05) is 22.4 Å². The molecule has 0 bridgehead atoms. The molecule has 1 aliphatic heterocycles. The van der Waals surface area contributed by atoms with Crippen LogP contribution in [-0.4, -0.2) is 6.54 Å². The molecular formula is C17H15BrN2. The molecule has 0 N–H and O–H groups in total. The summed E-state index contributed by atoms with van der Waals surface area (Å²) >= 11 is 3.50. The number of hydrogen-bond acceptors (Lipinski definition) is 2. The van der Waals surface area contributed by atoms with Crippen molar-refractivity contribution in [3.63, 3.8) is 0 Å². The fourth-order valence-corrected chi connectivity index (χ4v) is 3.32. The Morgan fingerprint density at radius 3 is 2.85 bits per heavy atom. The lowest BCUT2D eigenvalue weighted by atomic mass is 9.93. The minimum Gasteiger partial charge on any atom is -0.341 e. The van der Waals surface area contributed by atoms with E-state index in [1.165, 1.54) is 11.3 Å². The van der Waals surface area contributed by atoms with Gasteiger partial charge in [0.1, 0.15) is 0 Å². The molecule has 0 radical (unpaired) electrons. The molecule has 0 saturated heterocycles. The van der Waals surface area contributed by atoms with Crippen LogP contribution in [0.2, 0.25) is 0 Å². The lowest BCUT2D eigenvalue weighted by Gasteiger charge is -2.35. The van der Waals surface area contributed by atoms with Crippen LogP contribution in [0.4, 0.5) is 11.4 Å². The van der Waals surface area contributed by atoms with Crippen molar-refractivity contribution in [1.82, 2.24) is 0 Å². The number of nitrogens with zero attached hydrogens (tertiary/aromatic N) is 2. The minimum absolute atomic E-state index is 0.606. The lowest BCUT2D eigenvalue weighted by molar-refractivity contribution is 0.562. The fraction of sp³-hybridized carbons (Fsp3) is 0.235. The summed E-state index contributed by atoms with van der Waals surface area (Å²) in [5.41, 5.74) is 4.40. The number of nitriles is 1. The Morgan fingerprint density at radius 1 is 1.25 bits per heavy atom. The van der Waals surface area contributed by atoms with Gasteiger partial charge in [-0.3, -0.25) is 0 Å². The minimum atomic E-state index is 0.606. The Bertz CT molecular complexity index is 688. The van der Waals surface area contributed by atoms with Gasteiger partial charge in [0.15, 0.2) is 0 Å². The number of benzene rings is 2. The second kappa shape index (κ2) is 5.30. The Labute approximate surface area is 127 Å². The summed E-state index contributed by atoms with van der Waals surface area (Å²) in [5, 5.41) is 9.14. The quantitative estimate of drug-likeness (QED) is 0.762. The molecule has 2 aromatic carbocycles. The van der Waals surface area contributed by atoms with E-state index in [-0.39, 0.29) is 0 Å². The van der Waals surface area contributed by atoms with Crippen molar-refractivity contribution in [1.29, 1.82) is 5.26 Å². The highest BCUT2D eigenvalue weighted by atomic mass is 79.9. The molecule has 20 heavy (non-hydrogen) atoms. The molecule has 0 spiro atoms. The summed E-state index contributed by atoms with van der Waals surface area (Å²) in [7, 11) is 0. The van der Waals surface area contributed by atoms with E-state index >= 15 is 0 Å². The average molecular weight is 327 g/mol. The molecule has 0 aromatic heterocycles. The van der Waals surface area contributed by atoms with E-state index in [4.69, 9.17) is 5.26 Å². The first kappa shape index (κ1) is 13.2. The van der Waals surface area contributed by atoms with Gasteiger partial charge < -0.3 is 4.90 Å². The van der Waals surface area contributed by atoms with E-state index < -0.39 is 0 Å². The normalized spacial score (nSPS) is 17.4. The van der Waals surface area contributed by atoms with Crippen molar-refractivity contribution in [2.45, 2.75) is 13.3 Å². The van der Waals surface area contributed by atoms with Crippen molar-refractivity contribution >= 4 is 27.3 Å². The molecule has 0 aliphatic carbocycles. The Morgan fingerprint density at radius 2 is 2.05 bits per heavy atom. The fourth-order valence-electron chi connectivity index (χ4n) is 2.84. The highest BCUT2D eigenvalue weighted by Crippen LogP contribution is 2.36. The summed E-state index contributed by atoms with van der Waals surface area (Å²) in [5.74, 6) is 0.606. The van der Waals surface area contributed by atoms with E-state index in [1.54, 1.807) is 0 Å². The van der Waals surface area contributed by atoms with Crippen LogP contribution in [0.15, 0.2) is 46.9 Å². The first-order valence-electron chi connectivity index (χ1n) is 6.73. The second-order valence-corrected chi connectivity index (χ2v) is 6.27. The molecule has 100 valence electrons.